The van der Waals surface area contributed by atoms with Crippen molar-refractivity contribution >= 4 is 46.5 Å². The molecular formula is C24H19Cl2NO5. The average molecular weight is 472 g/mol. The van der Waals surface area contributed by atoms with E-state index in [4.69, 9.17) is 32.7 Å². The highest BCUT2D eigenvalue weighted by Crippen LogP contribution is 2.33. The van der Waals surface area contributed by atoms with E-state index >= 15 is 0 Å². The molecule has 32 heavy (non-hydrogen) atoms. The fourth-order valence-corrected chi connectivity index (χ4v) is 3.34. The zero-order valence-corrected chi connectivity index (χ0v) is 18.7. The lowest BCUT2D eigenvalue weighted by molar-refractivity contribution is -0.114. The van der Waals surface area contributed by atoms with Gasteiger partial charge in [0.15, 0.2) is 6.10 Å². The number of nitrogens with one attached hydrogen (secondary N) is 1. The van der Waals surface area contributed by atoms with Gasteiger partial charge in [-0.2, -0.15) is 0 Å². The number of amides is 1. The topological polar surface area (TPSA) is 81.7 Å². The molecule has 0 saturated carbocycles. The second-order valence-corrected chi connectivity index (χ2v) is 7.62. The van der Waals surface area contributed by atoms with Crippen molar-refractivity contribution in [1.82, 2.24) is 0 Å². The molecule has 0 bridgehead atoms. The highest BCUT2D eigenvalue weighted by Gasteiger charge is 2.28. The maximum absolute atomic E-state index is 13.2. The maximum atomic E-state index is 13.2. The van der Waals surface area contributed by atoms with Gasteiger partial charge < -0.3 is 14.8 Å². The molecule has 0 spiro atoms. The van der Waals surface area contributed by atoms with Gasteiger partial charge in [0, 0.05) is 29.1 Å². The summed E-state index contributed by atoms with van der Waals surface area (Å²) in [6.07, 6.45) is -1.21. The zero-order chi connectivity index (χ0) is 23.3. The molecule has 1 atom stereocenters. The van der Waals surface area contributed by atoms with Crippen molar-refractivity contribution < 1.29 is 23.9 Å². The number of carbonyl (C=O) groups excluding carboxylic acids is 3. The van der Waals surface area contributed by atoms with Gasteiger partial charge in [-0.05, 0) is 30.3 Å². The van der Waals surface area contributed by atoms with Gasteiger partial charge >= 0.3 is 5.97 Å². The molecule has 164 valence electrons. The minimum absolute atomic E-state index is 0.0106. The molecule has 6 nitrogen and oxygen atoms in total. The first-order valence-electron chi connectivity index (χ1n) is 9.51. The molecule has 0 aliphatic carbocycles. The summed E-state index contributed by atoms with van der Waals surface area (Å²) in [5, 5.41) is 3.16. The number of methoxy groups -OCH3 is 1. The number of benzene rings is 3. The largest absolute Gasteiger partial charge is 0.496 e. The smallest absolute Gasteiger partial charge is 0.343 e. The Morgan fingerprint density at radius 2 is 1.59 bits per heavy atom. The van der Waals surface area contributed by atoms with Crippen molar-refractivity contribution in [3.05, 3.63) is 93.5 Å². The summed E-state index contributed by atoms with van der Waals surface area (Å²) in [7, 11) is 1.37. The Labute approximate surface area is 195 Å². The second kappa shape index (κ2) is 10.3. The van der Waals surface area contributed by atoms with Crippen LogP contribution in [0.15, 0.2) is 66.7 Å². The molecule has 0 aliphatic rings. The van der Waals surface area contributed by atoms with E-state index in [2.05, 4.69) is 5.32 Å². The number of rotatable bonds is 7. The van der Waals surface area contributed by atoms with Crippen LogP contribution in [0.5, 0.6) is 5.75 Å². The van der Waals surface area contributed by atoms with Crippen molar-refractivity contribution in [2.75, 3.05) is 12.4 Å². The van der Waals surface area contributed by atoms with Crippen molar-refractivity contribution in [3.63, 3.8) is 0 Å². The number of anilines is 1. The lowest BCUT2D eigenvalue weighted by Gasteiger charge is -2.19. The van der Waals surface area contributed by atoms with Gasteiger partial charge in [-0.3, -0.25) is 9.59 Å². The summed E-state index contributed by atoms with van der Waals surface area (Å²) >= 11 is 12.1. The third-order valence-corrected chi connectivity index (χ3v) is 5.08. The van der Waals surface area contributed by atoms with Crippen LogP contribution in [0.4, 0.5) is 5.69 Å². The Bertz CT molecular complexity index is 1150. The van der Waals surface area contributed by atoms with Crippen molar-refractivity contribution in [2.45, 2.75) is 13.0 Å². The molecule has 0 aliphatic heterocycles. The standard InChI is InChI=1S/C24H19Cl2NO5/c1-14(28)27-20-13-21(31-2)18(12-19(20)26)24(30)32-23(16-6-4-3-5-7-16)22(29)15-8-10-17(25)11-9-15/h3-13,23H,1-2H3,(H,27,28)/t23-/m0/s1. The van der Waals surface area contributed by atoms with Gasteiger partial charge in [-0.15, -0.1) is 0 Å². The number of ether oxygens (including phenoxy) is 2. The average Bonchev–Trinajstić information content (AvgIpc) is 2.78. The summed E-state index contributed by atoms with van der Waals surface area (Å²) in [5.41, 5.74) is 1.13. The van der Waals surface area contributed by atoms with Crippen LogP contribution in [-0.4, -0.2) is 24.8 Å². The molecule has 1 N–H and O–H groups in total. The molecule has 0 unspecified atom stereocenters. The van der Waals surface area contributed by atoms with Crippen molar-refractivity contribution in [2.24, 2.45) is 0 Å². The fourth-order valence-electron chi connectivity index (χ4n) is 3.00. The van der Waals surface area contributed by atoms with Gasteiger partial charge in [-0.25, -0.2) is 4.79 Å². The predicted molar refractivity (Wildman–Crippen MR) is 123 cm³/mol. The third-order valence-electron chi connectivity index (χ3n) is 4.51. The highest BCUT2D eigenvalue weighted by atomic mass is 35.5. The van der Waals surface area contributed by atoms with E-state index in [1.807, 2.05) is 0 Å². The van der Waals surface area contributed by atoms with E-state index < -0.39 is 17.9 Å². The number of hydrogen-bond acceptors (Lipinski definition) is 5. The van der Waals surface area contributed by atoms with E-state index in [1.54, 1.807) is 54.6 Å². The van der Waals surface area contributed by atoms with Crippen LogP contribution >= 0.6 is 23.2 Å². The molecule has 0 saturated heterocycles. The van der Waals surface area contributed by atoms with E-state index in [0.717, 1.165) is 0 Å². The first-order valence-corrected chi connectivity index (χ1v) is 10.3. The first-order chi connectivity index (χ1) is 15.3. The summed E-state index contributed by atoms with van der Waals surface area (Å²) < 4.78 is 10.9. The molecule has 0 radical (unpaired) electrons. The van der Waals surface area contributed by atoms with Crippen molar-refractivity contribution in [1.29, 1.82) is 0 Å². The molecule has 3 rings (SSSR count). The van der Waals surface area contributed by atoms with Crippen LogP contribution in [-0.2, 0) is 9.53 Å². The van der Waals surface area contributed by atoms with Crippen LogP contribution in [0.25, 0.3) is 0 Å². The second-order valence-electron chi connectivity index (χ2n) is 6.78. The molecule has 3 aromatic rings. The Kier molecular flexibility index (Phi) is 7.51. The van der Waals surface area contributed by atoms with E-state index in [0.29, 0.717) is 16.1 Å². The Hall–Kier alpha value is -3.35. The fraction of sp³-hybridized carbons (Fsp3) is 0.125. The number of esters is 1. The summed E-state index contributed by atoms with van der Waals surface area (Å²) in [6.45, 7) is 1.33. The summed E-state index contributed by atoms with van der Waals surface area (Å²) in [6, 6.07) is 17.7. The zero-order valence-electron chi connectivity index (χ0n) is 17.2. The Morgan fingerprint density at radius 1 is 0.938 bits per heavy atom. The molecule has 0 heterocycles. The van der Waals surface area contributed by atoms with Gasteiger partial charge in [0.1, 0.15) is 11.3 Å². The lowest BCUT2D eigenvalue weighted by atomic mass is 9.99. The summed E-state index contributed by atoms with van der Waals surface area (Å²) in [5.74, 6) is -1.42. The Morgan fingerprint density at radius 3 is 2.19 bits per heavy atom. The van der Waals surface area contributed by atoms with Crippen LogP contribution in [0.3, 0.4) is 0 Å². The van der Waals surface area contributed by atoms with Crippen LogP contribution < -0.4 is 10.1 Å². The number of Topliss-reactive ketones (excluding diaryl/α,β-unsaturated/α-hetero) is 1. The number of hydrogen-bond donors (Lipinski definition) is 1. The third kappa shape index (κ3) is 5.46. The number of carbonyl (C=O) groups is 3. The molecule has 8 heteroatoms. The van der Waals surface area contributed by atoms with E-state index in [1.165, 1.54) is 26.2 Å². The normalized spacial score (nSPS) is 11.4. The first kappa shape index (κ1) is 23.3. The number of ketones is 1. The highest BCUT2D eigenvalue weighted by molar-refractivity contribution is 6.34. The van der Waals surface area contributed by atoms with Gasteiger partial charge in [0.25, 0.3) is 0 Å². The minimum Gasteiger partial charge on any atom is -0.496 e. The van der Waals surface area contributed by atoms with E-state index in [-0.39, 0.29) is 27.9 Å². The molecule has 0 fully saturated rings. The van der Waals surface area contributed by atoms with Crippen LogP contribution in [0.1, 0.15) is 39.3 Å². The van der Waals surface area contributed by atoms with Crippen LogP contribution in [0.2, 0.25) is 10.0 Å². The van der Waals surface area contributed by atoms with Gasteiger partial charge in [0.05, 0.1) is 17.8 Å². The summed E-state index contributed by atoms with van der Waals surface area (Å²) in [4.78, 5) is 37.6. The molecular weight excluding hydrogens is 453 g/mol. The quantitative estimate of drug-likeness (QED) is 0.350. The molecule has 1 amide bonds. The van der Waals surface area contributed by atoms with Crippen molar-refractivity contribution in [3.8, 4) is 5.75 Å². The minimum atomic E-state index is -1.21. The van der Waals surface area contributed by atoms with Gasteiger partial charge in [-0.1, -0.05) is 53.5 Å². The monoisotopic (exact) mass is 471 g/mol. The SMILES string of the molecule is COc1cc(NC(C)=O)c(Cl)cc1C(=O)O[C@H](C(=O)c1ccc(Cl)cc1)c1ccccc1. The maximum Gasteiger partial charge on any atom is 0.343 e. The predicted octanol–water partition coefficient (Wildman–Crippen LogP) is 5.74. The Balaban J connectivity index is 1.97. The molecule has 3 aromatic carbocycles. The van der Waals surface area contributed by atoms with Gasteiger partial charge in [0.2, 0.25) is 11.7 Å². The van der Waals surface area contributed by atoms with E-state index in [9.17, 15) is 14.4 Å². The van der Waals surface area contributed by atoms with Crippen LogP contribution in [0, 0.1) is 0 Å². The number of halogens is 2. The molecule has 0 aromatic heterocycles. The lowest BCUT2D eigenvalue weighted by Crippen LogP contribution is -2.21.